The van der Waals surface area contributed by atoms with Crippen molar-refractivity contribution in [1.82, 2.24) is 14.5 Å². The lowest BCUT2D eigenvalue weighted by atomic mass is 10.2. The van der Waals surface area contributed by atoms with Crippen LogP contribution in [-0.2, 0) is 7.05 Å². The van der Waals surface area contributed by atoms with E-state index < -0.39 is 4.92 Å². The molecule has 0 amide bonds. The second kappa shape index (κ2) is 5.48. The number of nitrogens with one attached hydrogen (secondary N) is 1. The van der Waals surface area contributed by atoms with E-state index in [9.17, 15) is 14.9 Å². The molecular formula is C15H13N5O3. The van der Waals surface area contributed by atoms with Crippen LogP contribution in [0.1, 0.15) is 5.56 Å². The molecule has 23 heavy (non-hydrogen) atoms. The van der Waals surface area contributed by atoms with Crippen molar-refractivity contribution in [3.8, 4) is 0 Å². The Morgan fingerprint density at radius 3 is 2.78 bits per heavy atom. The normalized spacial score (nSPS) is 10.7. The maximum atomic E-state index is 12.1. The van der Waals surface area contributed by atoms with E-state index in [2.05, 4.69) is 15.3 Å². The van der Waals surface area contributed by atoms with E-state index in [0.29, 0.717) is 17.0 Å². The maximum absolute atomic E-state index is 12.1. The molecule has 0 aliphatic heterocycles. The third kappa shape index (κ3) is 2.73. The van der Waals surface area contributed by atoms with Gasteiger partial charge in [0.25, 0.3) is 11.2 Å². The van der Waals surface area contributed by atoms with Crippen LogP contribution in [0.5, 0.6) is 0 Å². The number of hydrogen-bond acceptors (Lipinski definition) is 6. The van der Waals surface area contributed by atoms with Gasteiger partial charge in [0, 0.05) is 24.9 Å². The van der Waals surface area contributed by atoms with Crippen molar-refractivity contribution in [3.63, 3.8) is 0 Å². The van der Waals surface area contributed by atoms with Gasteiger partial charge < -0.3 is 9.88 Å². The molecule has 0 aliphatic carbocycles. The van der Waals surface area contributed by atoms with E-state index in [4.69, 9.17) is 0 Å². The summed E-state index contributed by atoms with van der Waals surface area (Å²) in [5, 5.41) is 13.9. The van der Waals surface area contributed by atoms with Crippen molar-refractivity contribution in [1.29, 1.82) is 0 Å². The minimum atomic E-state index is -0.460. The molecule has 1 N–H and O–H groups in total. The molecule has 0 bridgehead atoms. The standard InChI is InChI=1S/C15H13N5O3/c1-9-3-4-10(20(22)23)7-12(9)17-13-6-5-11-14(18-13)15(21)19(2)8-16-11/h3-8H,1-2H3,(H,17,18). The van der Waals surface area contributed by atoms with Crippen LogP contribution in [0.2, 0.25) is 0 Å². The zero-order chi connectivity index (χ0) is 16.6. The largest absolute Gasteiger partial charge is 0.340 e. The Balaban J connectivity index is 2.05. The Kier molecular flexibility index (Phi) is 3.49. The summed E-state index contributed by atoms with van der Waals surface area (Å²) in [6, 6.07) is 7.88. The minimum absolute atomic E-state index is 0.0172. The Hall–Kier alpha value is -3.29. The highest BCUT2D eigenvalue weighted by atomic mass is 16.6. The summed E-state index contributed by atoms with van der Waals surface area (Å²) in [5.41, 5.74) is 1.85. The van der Waals surface area contributed by atoms with Gasteiger partial charge in [-0.2, -0.15) is 0 Å². The Morgan fingerprint density at radius 2 is 2.04 bits per heavy atom. The van der Waals surface area contributed by atoms with E-state index >= 15 is 0 Å². The number of aryl methyl sites for hydroxylation is 2. The topological polar surface area (TPSA) is 103 Å². The molecule has 0 fully saturated rings. The molecule has 2 aromatic heterocycles. The smallest absolute Gasteiger partial charge is 0.279 e. The second-order valence-corrected chi connectivity index (χ2v) is 5.11. The third-order valence-electron chi connectivity index (χ3n) is 3.46. The van der Waals surface area contributed by atoms with Gasteiger partial charge in [-0.15, -0.1) is 0 Å². The SMILES string of the molecule is Cc1ccc([N+](=O)[O-])cc1Nc1ccc2ncn(C)c(=O)c2n1. The van der Waals surface area contributed by atoms with E-state index in [-0.39, 0.29) is 16.8 Å². The molecule has 0 atom stereocenters. The lowest BCUT2D eigenvalue weighted by molar-refractivity contribution is -0.384. The molecule has 3 aromatic rings. The van der Waals surface area contributed by atoms with Crippen LogP contribution in [0, 0.1) is 17.0 Å². The van der Waals surface area contributed by atoms with E-state index in [0.717, 1.165) is 5.56 Å². The zero-order valence-corrected chi connectivity index (χ0v) is 12.5. The van der Waals surface area contributed by atoms with Gasteiger partial charge in [-0.1, -0.05) is 6.07 Å². The molecule has 0 aliphatic rings. The summed E-state index contributed by atoms with van der Waals surface area (Å²) in [6.07, 6.45) is 1.43. The number of aromatic nitrogens is 3. The Bertz CT molecular complexity index is 980. The molecule has 0 unspecified atom stereocenters. The van der Waals surface area contributed by atoms with Crippen molar-refractivity contribution >= 4 is 28.2 Å². The number of pyridine rings is 1. The highest BCUT2D eigenvalue weighted by Gasteiger charge is 2.10. The first-order valence-electron chi connectivity index (χ1n) is 6.80. The molecule has 1 aromatic carbocycles. The molecule has 0 radical (unpaired) electrons. The van der Waals surface area contributed by atoms with Gasteiger partial charge in [0.1, 0.15) is 5.82 Å². The molecule has 8 heteroatoms. The van der Waals surface area contributed by atoms with Crippen LogP contribution >= 0.6 is 0 Å². The van der Waals surface area contributed by atoms with Gasteiger partial charge in [0.15, 0.2) is 5.52 Å². The lowest BCUT2D eigenvalue weighted by Crippen LogP contribution is -2.18. The summed E-state index contributed by atoms with van der Waals surface area (Å²) in [7, 11) is 1.60. The van der Waals surface area contributed by atoms with Gasteiger partial charge >= 0.3 is 0 Å². The van der Waals surface area contributed by atoms with Gasteiger partial charge in [-0.25, -0.2) is 9.97 Å². The maximum Gasteiger partial charge on any atom is 0.279 e. The fourth-order valence-corrected chi connectivity index (χ4v) is 2.15. The van der Waals surface area contributed by atoms with Crippen molar-refractivity contribution in [3.05, 3.63) is 62.7 Å². The van der Waals surface area contributed by atoms with Crippen molar-refractivity contribution in [2.75, 3.05) is 5.32 Å². The van der Waals surface area contributed by atoms with Crippen molar-refractivity contribution in [2.24, 2.45) is 7.05 Å². The number of non-ortho nitro benzene ring substituents is 1. The highest BCUT2D eigenvalue weighted by Crippen LogP contribution is 2.25. The zero-order valence-electron chi connectivity index (χ0n) is 12.5. The Morgan fingerprint density at radius 1 is 1.26 bits per heavy atom. The summed E-state index contributed by atoms with van der Waals surface area (Å²) in [4.78, 5) is 30.9. The summed E-state index contributed by atoms with van der Waals surface area (Å²) in [5.74, 6) is 0.422. The van der Waals surface area contributed by atoms with Crippen LogP contribution < -0.4 is 10.9 Å². The van der Waals surface area contributed by atoms with Crippen molar-refractivity contribution in [2.45, 2.75) is 6.92 Å². The summed E-state index contributed by atoms with van der Waals surface area (Å²) in [6.45, 7) is 1.83. The number of anilines is 2. The molecule has 0 spiro atoms. The fourth-order valence-electron chi connectivity index (χ4n) is 2.15. The third-order valence-corrected chi connectivity index (χ3v) is 3.46. The minimum Gasteiger partial charge on any atom is -0.340 e. The quantitative estimate of drug-likeness (QED) is 0.588. The average molecular weight is 311 g/mol. The molecule has 0 saturated carbocycles. The van der Waals surface area contributed by atoms with Gasteiger partial charge in [0.05, 0.1) is 16.8 Å². The summed E-state index contributed by atoms with van der Waals surface area (Å²) >= 11 is 0. The average Bonchev–Trinajstić information content (AvgIpc) is 2.53. The first-order chi connectivity index (χ1) is 11.0. The predicted molar refractivity (Wildman–Crippen MR) is 85.9 cm³/mol. The van der Waals surface area contributed by atoms with Gasteiger partial charge in [-0.05, 0) is 24.6 Å². The molecule has 8 nitrogen and oxygen atoms in total. The highest BCUT2D eigenvalue weighted by molar-refractivity contribution is 5.76. The van der Waals surface area contributed by atoms with Crippen LogP contribution in [0.25, 0.3) is 11.0 Å². The van der Waals surface area contributed by atoms with Crippen molar-refractivity contribution < 1.29 is 4.92 Å². The van der Waals surface area contributed by atoms with Crippen LogP contribution in [-0.4, -0.2) is 19.5 Å². The van der Waals surface area contributed by atoms with Crippen LogP contribution in [0.4, 0.5) is 17.2 Å². The molecule has 3 rings (SSSR count). The number of nitro groups is 1. The number of rotatable bonds is 3. The van der Waals surface area contributed by atoms with E-state index in [1.165, 1.54) is 23.0 Å². The second-order valence-electron chi connectivity index (χ2n) is 5.11. The van der Waals surface area contributed by atoms with Crippen LogP contribution in [0.3, 0.4) is 0 Å². The number of nitro benzene ring substituents is 1. The van der Waals surface area contributed by atoms with Gasteiger partial charge in [-0.3, -0.25) is 14.9 Å². The Labute approximate surface area is 130 Å². The predicted octanol–water partition coefficient (Wildman–Crippen LogP) is 2.29. The molecule has 0 saturated heterocycles. The monoisotopic (exact) mass is 311 g/mol. The molecular weight excluding hydrogens is 298 g/mol. The molecule has 116 valence electrons. The summed E-state index contributed by atoms with van der Waals surface area (Å²) < 4.78 is 1.34. The van der Waals surface area contributed by atoms with E-state index in [1.807, 2.05) is 6.92 Å². The fraction of sp³-hybridized carbons (Fsp3) is 0.133. The first kappa shape index (κ1) is 14.6. The number of hydrogen-bond donors (Lipinski definition) is 1. The molecule has 2 heterocycles. The number of benzene rings is 1. The van der Waals surface area contributed by atoms with E-state index in [1.54, 1.807) is 25.2 Å². The number of nitrogens with zero attached hydrogens (tertiary/aromatic N) is 4. The van der Waals surface area contributed by atoms with Gasteiger partial charge in [0.2, 0.25) is 0 Å². The number of fused-ring (bicyclic) bond motifs is 1. The van der Waals surface area contributed by atoms with Crippen LogP contribution in [0.15, 0.2) is 41.5 Å². The lowest BCUT2D eigenvalue weighted by Gasteiger charge is -2.09. The first-order valence-corrected chi connectivity index (χ1v) is 6.80.